The molecule has 12 N–H and O–H groups in total. The monoisotopic (exact) mass is 1110 g/mol. The van der Waals surface area contributed by atoms with Crippen molar-refractivity contribution in [1.29, 1.82) is 0 Å². The summed E-state index contributed by atoms with van der Waals surface area (Å²) in [7, 11) is 0. The number of hydrogen-bond donors (Lipinski definition) is 12. The smallest absolute Gasteiger partial charge is 0.228 e. The molecular formula is C65H76O16. The first-order valence-electron chi connectivity index (χ1n) is 25.8. The lowest BCUT2D eigenvalue weighted by Crippen LogP contribution is -2.03. The van der Waals surface area contributed by atoms with Gasteiger partial charge in [-0.1, -0.05) is 94.5 Å². The van der Waals surface area contributed by atoms with Crippen molar-refractivity contribution in [3.8, 4) is 69.0 Å². The summed E-state index contributed by atoms with van der Waals surface area (Å²) in [4.78, 5) is 35.1. The Kier molecular flexibility index (Phi) is 18.1. The minimum atomic E-state index is -1.24. The van der Waals surface area contributed by atoms with Crippen molar-refractivity contribution in [1.82, 2.24) is 0 Å². The van der Waals surface area contributed by atoms with Gasteiger partial charge >= 0.3 is 0 Å². The van der Waals surface area contributed by atoms with Crippen molar-refractivity contribution in [3.63, 3.8) is 0 Å². The van der Waals surface area contributed by atoms with Crippen LogP contribution in [-0.2, 0) is 6.42 Å². The number of phenolic OH excluding ortho intramolecular Hbond substituents is 11. The number of phenols is 11. The first kappa shape index (κ1) is 63.2. The molecule has 1 aliphatic heterocycles. The van der Waals surface area contributed by atoms with Gasteiger partial charge in [0.1, 0.15) is 23.0 Å². The zero-order valence-corrected chi connectivity index (χ0v) is 46.6. The maximum atomic E-state index is 12.0. The highest BCUT2D eigenvalue weighted by atomic mass is 16.6. The van der Waals surface area contributed by atoms with Crippen molar-refractivity contribution in [2.45, 2.75) is 148 Å². The Morgan fingerprint density at radius 3 is 1.00 bits per heavy atom. The van der Waals surface area contributed by atoms with Crippen molar-refractivity contribution >= 4 is 61.9 Å². The van der Waals surface area contributed by atoms with E-state index in [9.17, 15) is 75.7 Å². The van der Waals surface area contributed by atoms with Crippen LogP contribution in [0.5, 0.6) is 69.0 Å². The number of hydrogen-bond acceptors (Lipinski definition) is 16. The van der Waals surface area contributed by atoms with E-state index >= 15 is 0 Å². The molecule has 1 heterocycles. The third-order valence-electron chi connectivity index (χ3n) is 15.5. The topological polar surface area (TPSA) is 303 Å². The lowest BCUT2D eigenvalue weighted by Gasteiger charge is -2.22. The van der Waals surface area contributed by atoms with Gasteiger partial charge in [0.15, 0.2) is 64.9 Å². The molecule has 16 nitrogen and oxygen atoms in total. The highest BCUT2D eigenvalue weighted by molar-refractivity contribution is 6.11. The highest BCUT2D eigenvalue weighted by Crippen LogP contribution is 2.55. The van der Waals surface area contributed by atoms with Crippen LogP contribution in [-0.4, -0.2) is 80.1 Å². The summed E-state index contributed by atoms with van der Waals surface area (Å²) in [5, 5.41) is 130. The Balaban J connectivity index is 0.000000242. The van der Waals surface area contributed by atoms with Crippen molar-refractivity contribution < 1.29 is 80.4 Å². The van der Waals surface area contributed by atoms with Gasteiger partial charge in [-0.3, -0.25) is 14.4 Å². The van der Waals surface area contributed by atoms with Crippen LogP contribution in [0.3, 0.4) is 0 Å². The van der Waals surface area contributed by atoms with Gasteiger partial charge in [0.05, 0.1) is 22.3 Å². The zero-order chi connectivity index (χ0) is 59.0. The Hall–Kier alpha value is -8.63. The van der Waals surface area contributed by atoms with E-state index in [2.05, 4.69) is 0 Å². The average Bonchev–Trinajstić information content (AvgIpc) is 3.89. The second-order valence-corrected chi connectivity index (χ2v) is 21.8. The van der Waals surface area contributed by atoms with E-state index in [1.807, 2.05) is 88.3 Å². The number of carbonyl (C=O) groups is 3. The molecule has 1 aliphatic rings. The number of fused-ring (bicyclic) bond motifs is 3. The van der Waals surface area contributed by atoms with Gasteiger partial charge in [-0.05, 0) is 120 Å². The summed E-state index contributed by atoms with van der Waals surface area (Å²) in [6.07, 6.45) is -0.0541. The molecular weight excluding hydrogens is 1040 g/mol. The number of ether oxygens (including phenoxy) is 1. The predicted octanol–water partition coefficient (Wildman–Crippen LogP) is 14.5. The van der Waals surface area contributed by atoms with Crippen LogP contribution in [0.25, 0.3) is 43.1 Å². The number of aromatic hydroxyl groups is 11. The molecule has 0 saturated carbocycles. The molecule has 432 valence electrons. The standard InChI is InChI=1S/C31H32O8.2C16H18O4.2CH4/c1-12(2)22-18-7-14(5)16(26(34)24(18)20(10-32)28(36)30(22)38)9-17-15(6)8-19-23(13(3)4)31(39)29(37)21(11-33)25(19)27(17)35;1-6(2)10-9-5-7(3)8(4)15-11(9)12(16(19)20-15)14(18)13(10)17;1-7(2)12-10-5-8(3)9(4)14(18)13(10)11(6-17)15(19)16(12)20;;/h7-8,10-13,34-39H,9H2,1-6H3;5-6,16-19H,1-4H3;5-7,18-20H,1-4H3;2*1H4. The lowest BCUT2D eigenvalue weighted by atomic mass is 9.84. The number of carbonyl (C=O) groups excluding carboxylic acids is 3. The third-order valence-corrected chi connectivity index (χ3v) is 15.5. The van der Waals surface area contributed by atoms with Crippen LogP contribution in [0.15, 0.2) is 24.3 Å². The van der Waals surface area contributed by atoms with Gasteiger partial charge in [-0.15, -0.1) is 0 Å². The van der Waals surface area contributed by atoms with Gasteiger partial charge in [0, 0.05) is 61.3 Å². The molecule has 0 radical (unpaired) electrons. The minimum absolute atomic E-state index is 0. The van der Waals surface area contributed by atoms with Crippen LogP contribution in [0.4, 0.5) is 0 Å². The molecule has 0 spiro atoms. The number of rotatable bonds is 9. The maximum Gasteiger partial charge on any atom is 0.228 e. The molecule has 0 bridgehead atoms. The highest BCUT2D eigenvalue weighted by Gasteiger charge is 2.35. The molecule has 8 aromatic carbocycles. The summed E-state index contributed by atoms with van der Waals surface area (Å²) >= 11 is 0. The molecule has 0 fully saturated rings. The van der Waals surface area contributed by atoms with E-state index in [0.717, 1.165) is 22.1 Å². The number of aliphatic hydroxyl groups is 1. The quantitative estimate of drug-likeness (QED) is 0.0472. The van der Waals surface area contributed by atoms with E-state index < -0.39 is 35.0 Å². The number of aliphatic hydroxyl groups excluding tert-OH is 1. The Labute approximate surface area is 471 Å². The Bertz CT molecular complexity index is 3770. The summed E-state index contributed by atoms with van der Waals surface area (Å²) in [6, 6.07) is 7.24. The molecule has 1 atom stereocenters. The van der Waals surface area contributed by atoms with Crippen molar-refractivity contribution in [2.75, 3.05) is 0 Å². The largest absolute Gasteiger partial charge is 0.507 e. The molecule has 1 unspecified atom stereocenters. The van der Waals surface area contributed by atoms with E-state index in [1.165, 1.54) is 0 Å². The van der Waals surface area contributed by atoms with Crippen molar-refractivity contribution in [2.24, 2.45) is 0 Å². The fourth-order valence-electron chi connectivity index (χ4n) is 11.3. The fourth-order valence-corrected chi connectivity index (χ4v) is 11.3. The first-order chi connectivity index (χ1) is 36.9. The van der Waals surface area contributed by atoms with E-state index in [0.29, 0.717) is 102 Å². The SMILES string of the molecule is C.C.Cc1cc2c(C(C)C)c(O)c(O)c(C=O)c2c(O)c1C.Cc1cc2c(C(C)C)c(O)c(O)c(C=O)c2c(O)c1Cc1c(C)cc2c(C(C)C)c(O)c(O)c(C=O)c2c1O.Cc1cc2c(C(C)C)c(O)c(O)c3c2c(c1C)OC3O. The van der Waals surface area contributed by atoms with Crippen LogP contribution < -0.4 is 4.74 Å². The van der Waals surface area contributed by atoms with E-state index in [1.54, 1.807) is 32.9 Å². The van der Waals surface area contributed by atoms with Gasteiger partial charge in [-0.25, -0.2) is 0 Å². The van der Waals surface area contributed by atoms with E-state index in [-0.39, 0.29) is 112 Å². The normalized spacial score (nSPS) is 12.6. The minimum Gasteiger partial charge on any atom is -0.507 e. The summed E-state index contributed by atoms with van der Waals surface area (Å²) in [5.74, 6) is -3.79. The van der Waals surface area contributed by atoms with Gasteiger partial charge in [0.2, 0.25) is 6.29 Å². The Morgan fingerprint density at radius 1 is 0.395 bits per heavy atom. The fraction of sp³-hybridized carbons (Fsp3) is 0.338. The average molecular weight is 1110 g/mol. The van der Waals surface area contributed by atoms with Gasteiger partial charge in [0.25, 0.3) is 0 Å². The summed E-state index contributed by atoms with van der Waals surface area (Å²) < 4.78 is 5.49. The zero-order valence-electron chi connectivity index (χ0n) is 46.6. The summed E-state index contributed by atoms with van der Waals surface area (Å²) in [5.41, 5.74) is 7.08. The molecule has 0 aromatic heterocycles. The maximum absolute atomic E-state index is 12.0. The van der Waals surface area contributed by atoms with Crippen LogP contribution in [0.1, 0.15) is 204 Å². The van der Waals surface area contributed by atoms with Crippen LogP contribution >= 0.6 is 0 Å². The van der Waals surface area contributed by atoms with Crippen molar-refractivity contribution in [3.05, 3.63) is 113 Å². The van der Waals surface area contributed by atoms with E-state index in [4.69, 9.17) is 4.74 Å². The second kappa shape index (κ2) is 23.2. The predicted molar refractivity (Wildman–Crippen MR) is 317 cm³/mol. The number of aryl methyl sites for hydroxylation is 4. The first-order valence-corrected chi connectivity index (χ1v) is 25.8. The number of aldehydes is 3. The Morgan fingerprint density at radius 2 is 0.679 bits per heavy atom. The number of benzene rings is 8. The molecule has 8 aromatic rings. The molecule has 9 rings (SSSR count). The van der Waals surface area contributed by atoms with Crippen LogP contribution in [0.2, 0.25) is 0 Å². The van der Waals surface area contributed by atoms with Crippen LogP contribution in [0, 0.1) is 41.5 Å². The second-order valence-electron chi connectivity index (χ2n) is 21.8. The third kappa shape index (κ3) is 9.99. The van der Waals surface area contributed by atoms with Gasteiger partial charge < -0.3 is 66.0 Å². The molecule has 81 heavy (non-hydrogen) atoms. The summed E-state index contributed by atoms with van der Waals surface area (Å²) in [6.45, 7) is 25.9. The molecule has 16 heteroatoms. The molecule has 0 amide bonds. The molecule has 0 saturated heterocycles. The lowest BCUT2D eigenvalue weighted by molar-refractivity contribution is -0.0108. The molecule has 0 aliphatic carbocycles. The van der Waals surface area contributed by atoms with Gasteiger partial charge in [-0.2, -0.15) is 0 Å².